The normalized spacial score (nSPS) is 16.1. The molecule has 0 bridgehead atoms. The third kappa shape index (κ3) is 7.10. The summed E-state index contributed by atoms with van der Waals surface area (Å²) in [6.07, 6.45) is 1.77. The van der Waals surface area contributed by atoms with Crippen LogP contribution in [0, 0.1) is 5.82 Å². The lowest BCUT2D eigenvalue weighted by atomic mass is 10.2. The van der Waals surface area contributed by atoms with Gasteiger partial charge in [-0.15, -0.1) is 0 Å². The summed E-state index contributed by atoms with van der Waals surface area (Å²) in [6, 6.07) is 10.2. The molecule has 7 nitrogen and oxygen atoms in total. The Labute approximate surface area is 184 Å². The maximum absolute atomic E-state index is 13.0. The molecule has 1 unspecified atom stereocenters. The SMILES string of the molecule is CCN1CCN(c2cc(CNC(=NC)NCC(C)Oc3ccc(F)cc3)ccn2)CC1. The lowest BCUT2D eigenvalue weighted by Gasteiger charge is -2.34. The fourth-order valence-corrected chi connectivity index (χ4v) is 3.47. The number of guanidine groups is 1. The van der Waals surface area contributed by atoms with Crippen molar-refractivity contribution in [3.63, 3.8) is 0 Å². The van der Waals surface area contributed by atoms with Gasteiger partial charge in [0, 0.05) is 46.0 Å². The molecule has 1 atom stereocenters. The topological polar surface area (TPSA) is 65.0 Å². The van der Waals surface area contributed by atoms with E-state index in [9.17, 15) is 4.39 Å². The van der Waals surface area contributed by atoms with E-state index in [0.717, 1.165) is 44.1 Å². The molecule has 1 aromatic heterocycles. The minimum absolute atomic E-state index is 0.0988. The number of anilines is 1. The number of halogens is 1. The van der Waals surface area contributed by atoms with Gasteiger partial charge in [-0.05, 0) is 55.4 Å². The van der Waals surface area contributed by atoms with Crippen molar-refractivity contribution in [1.29, 1.82) is 0 Å². The molecule has 0 saturated carbocycles. The van der Waals surface area contributed by atoms with Crippen molar-refractivity contribution in [3.05, 3.63) is 54.0 Å². The van der Waals surface area contributed by atoms with Crippen LogP contribution in [-0.4, -0.2) is 68.3 Å². The Morgan fingerprint density at radius 1 is 1.16 bits per heavy atom. The van der Waals surface area contributed by atoms with Crippen LogP contribution < -0.4 is 20.3 Å². The summed E-state index contributed by atoms with van der Waals surface area (Å²) in [4.78, 5) is 13.6. The molecule has 1 fully saturated rings. The summed E-state index contributed by atoms with van der Waals surface area (Å²) >= 11 is 0. The van der Waals surface area contributed by atoms with E-state index in [1.54, 1.807) is 19.2 Å². The summed E-state index contributed by atoms with van der Waals surface area (Å²) in [5.74, 6) is 2.09. The summed E-state index contributed by atoms with van der Waals surface area (Å²) in [6.45, 7) is 10.7. The maximum atomic E-state index is 13.0. The lowest BCUT2D eigenvalue weighted by Crippen LogP contribution is -2.46. The molecule has 2 aromatic rings. The highest BCUT2D eigenvalue weighted by atomic mass is 19.1. The van der Waals surface area contributed by atoms with Gasteiger partial charge in [0.25, 0.3) is 0 Å². The summed E-state index contributed by atoms with van der Waals surface area (Å²) in [7, 11) is 1.74. The molecular formula is C23H33FN6O. The lowest BCUT2D eigenvalue weighted by molar-refractivity contribution is 0.223. The van der Waals surface area contributed by atoms with Crippen molar-refractivity contribution in [1.82, 2.24) is 20.5 Å². The van der Waals surface area contributed by atoms with Crippen molar-refractivity contribution < 1.29 is 9.13 Å². The predicted octanol–water partition coefficient (Wildman–Crippen LogP) is 2.50. The van der Waals surface area contributed by atoms with Crippen molar-refractivity contribution in [2.45, 2.75) is 26.5 Å². The van der Waals surface area contributed by atoms with Gasteiger partial charge in [0.1, 0.15) is 23.5 Å². The van der Waals surface area contributed by atoms with Crippen LogP contribution in [0.2, 0.25) is 0 Å². The molecule has 0 radical (unpaired) electrons. The van der Waals surface area contributed by atoms with E-state index in [1.165, 1.54) is 12.1 Å². The first kappa shape index (κ1) is 22.8. The van der Waals surface area contributed by atoms with Gasteiger partial charge in [-0.1, -0.05) is 6.92 Å². The first-order valence-electron chi connectivity index (χ1n) is 10.9. The first-order valence-corrected chi connectivity index (χ1v) is 10.9. The summed E-state index contributed by atoms with van der Waals surface area (Å²) in [5, 5.41) is 6.61. The third-order valence-electron chi connectivity index (χ3n) is 5.34. The number of likely N-dealkylation sites (N-methyl/N-ethyl adjacent to an activating group) is 1. The van der Waals surface area contributed by atoms with Crippen molar-refractivity contribution in [2.24, 2.45) is 4.99 Å². The van der Waals surface area contributed by atoms with Crippen LogP contribution in [-0.2, 0) is 6.54 Å². The zero-order chi connectivity index (χ0) is 22.1. The second-order valence-electron chi connectivity index (χ2n) is 7.63. The molecule has 0 spiro atoms. The van der Waals surface area contributed by atoms with Crippen molar-refractivity contribution in [2.75, 3.05) is 51.2 Å². The van der Waals surface area contributed by atoms with Crippen LogP contribution >= 0.6 is 0 Å². The van der Waals surface area contributed by atoms with E-state index >= 15 is 0 Å². The largest absolute Gasteiger partial charge is 0.489 e. The van der Waals surface area contributed by atoms with Crippen LogP contribution in [0.25, 0.3) is 0 Å². The van der Waals surface area contributed by atoms with Gasteiger partial charge >= 0.3 is 0 Å². The van der Waals surface area contributed by atoms with E-state index in [-0.39, 0.29) is 11.9 Å². The highest BCUT2D eigenvalue weighted by Gasteiger charge is 2.17. The molecular weight excluding hydrogens is 395 g/mol. The first-order chi connectivity index (χ1) is 15.1. The maximum Gasteiger partial charge on any atom is 0.191 e. The van der Waals surface area contributed by atoms with Gasteiger partial charge in [0.05, 0.1) is 6.54 Å². The number of ether oxygens (including phenoxy) is 1. The number of hydrogen-bond acceptors (Lipinski definition) is 5. The van der Waals surface area contributed by atoms with Gasteiger partial charge < -0.3 is 25.2 Å². The Morgan fingerprint density at radius 3 is 2.58 bits per heavy atom. The molecule has 2 N–H and O–H groups in total. The van der Waals surface area contributed by atoms with E-state index < -0.39 is 0 Å². The average Bonchev–Trinajstić information content (AvgIpc) is 2.81. The smallest absolute Gasteiger partial charge is 0.191 e. The Kier molecular flexibility index (Phi) is 8.46. The van der Waals surface area contributed by atoms with Gasteiger partial charge in [0.2, 0.25) is 0 Å². The molecule has 1 saturated heterocycles. The number of pyridine rings is 1. The number of aromatic nitrogens is 1. The fourth-order valence-electron chi connectivity index (χ4n) is 3.47. The number of nitrogens with one attached hydrogen (secondary N) is 2. The average molecular weight is 429 g/mol. The van der Waals surface area contributed by atoms with Gasteiger partial charge in [-0.2, -0.15) is 0 Å². The number of benzene rings is 1. The molecule has 2 heterocycles. The van der Waals surface area contributed by atoms with Crippen LogP contribution in [0.15, 0.2) is 47.6 Å². The number of hydrogen-bond donors (Lipinski definition) is 2. The van der Waals surface area contributed by atoms with Crippen LogP contribution in [0.1, 0.15) is 19.4 Å². The van der Waals surface area contributed by atoms with E-state index in [0.29, 0.717) is 24.8 Å². The fraction of sp³-hybridized carbons (Fsp3) is 0.478. The molecule has 8 heteroatoms. The van der Waals surface area contributed by atoms with Gasteiger partial charge in [-0.25, -0.2) is 9.37 Å². The second kappa shape index (κ2) is 11.5. The third-order valence-corrected chi connectivity index (χ3v) is 5.34. The van der Waals surface area contributed by atoms with Crippen molar-refractivity contribution in [3.8, 4) is 5.75 Å². The molecule has 1 aliphatic heterocycles. The number of piperazine rings is 1. The highest BCUT2D eigenvalue weighted by Crippen LogP contribution is 2.15. The standard InChI is InChI=1S/C23H33FN6O/c1-4-29-11-13-30(14-12-29)22-15-19(9-10-26-22)17-28-23(25-3)27-16-18(2)31-21-7-5-20(24)6-8-21/h5-10,15,18H,4,11-14,16-17H2,1-3H3,(H2,25,27,28). The molecule has 1 aromatic carbocycles. The van der Waals surface area contributed by atoms with Gasteiger partial charge in [-0.3, -0.25) is 4.99 Å². The minimum Gasteiger partial charge on any atom is -0.489 e. The zero-order valence-corrected chi connectivity index (χ0v) is 18.6. The van der Waals surface area contributed by atoms with Gasteiger partial charge in [0.15, 0.2) is 5.96 Å². The Balaban J connectivity index is 1.45. The van der Waals surface area contributed by atoms with Crippen LogP contribution in [0.3, 0.4) is 0 Å². The number of nitrogens with zero attached hydrogens (tertiary/aromatic N) is 4. The monoisotopic (exact) mass is 428 g/mol. The molecule has 3 rings (SSSR count). The summed E-state index contributed by atoms with van der Waals surface area (Å²) < 4.78 is 18.8. The second-order valence-corrected chi connectivity index (χ2v) is 7.63. The zero-order valence-electron chi connectivity index (χ0n) is 18.6. The van der Waals surface area contributed by atoms with Crippen molar-refractivity contribution >= 4 is 11.8 Å². The Bertz CT molecular complexity index is 836. The quantitative estimate of drug-likeness (QED) is 0.498. The molecule has 0 amide bonds. The van der Waals surface area contributed by atoms with E-state index in [1.807, 2.05) is 19.2 Å². The summed E-state index contributed by atoms with van der Waals surface area (Å²) in [5.41, 5.74) is 1.15. The Morgan fingerprint density at radius 2 is 1.90 bits per heavy atom. The molecule has 31 heavy (non-hydrogen) atoms. The molecule has 1 aliphatic rings. The number of aliphatic imine (C=N–C) groups is 1. The molecule has 168 valence electrons. The molecule has 0 aliphatic carbocycles. The predicted molar refractivity (Wildman–Crippen MR) is 123 cm³/mol. The van der Waals surface area contributed by atoms with Crippen LogP contribution in [0.4, 0.5) is 10.2 Å². The van der Waals surface area contributed by atoms with E-state index in [2.05, 4.69) is 43.4 Å². The minimum atomic E-state index is -0.273. The number of rotatable bonds is 8. The Hall–Kier alpha value is -2.87. The van der Waals surface area contributed by atoms with E-state index in [4.69, 9.17) is 4.74 Å². The van der Waals surface area contributed by atoms with Crippen LogP contribution in [0.5, 0.6) is 5.75 Å². The highest BCUT2D eigenvalue weighted by molar-refractivity contribution is 5.79.